The summed E-state index contributed by atoms with van der Waals surface area (Å²) in [7, 11) is 0. The summed E-state index contributed by atoms with van der Waals surface area (Å²) in [5, 5.41) is 4.42. The van der Waals surface area contributed by atoms with Crippen LogP contribution >= 0.6 is 11.6 Å². The van der Waals surface area contributed by atoms with Crippen molar-refractivity contribution < 1.29 is 28.0 Å². The van der Waals surface area contributed by atoms with Crippen LogP contribution in [0.3, 0.4) is 0 Å². The second kappa shape index (κ2) is 10.5. The average molecular weight is 416 g/mol. The molecule has 0 fully saturated rings. The highest BCUT2D eigenvalue weighted by Crippen LogP contribution is 2.34. The zero-order chi connectivity index (χ0) is 20.6. The summed E-state index contributed by atoms with van der Waals surface area (Å²) < 4.78 is 44.2. The van der Waals surface area contributed by atoms with Crippen LogP contribution in [0.15, 0.2) is 48.5 Å². The number of carbonyl (C=O) groups is 1. The molecular weight excluding hydrogens is 393 g/mol. The predicted molar refractivity (Wildman–Crippen MR) is 102 cm³/mol. The van der Waals surface area contributed by atoms with E-state index in [1.54, 1.807) is 24.3 Å². The molecule has 1 atom stereocenters. The zero-order valence-electron chi connectivity index (χ0n) is 15.4. The van der Waals surface area contributed by atoms with E-state index in [2.05, 4.69) is 5.32 Å². The van der Waals surface area contributed by atoms with Gasteiger partial charge in [-0.05, 0) is 25.1 Å². The molecule has 0 aliphatic carbocycles. The standard InChI is InChI=1S/C20H22ClF3N2O2/c1-2-28-12-6-11-25-18(14-7-4-3-5-8-14)19(27)26-17-13-15(20(22,23)24)9-10-16(17)21/h3-5,7-10,13,18,25H,2,6,11-12H2,1H3,(H,26,27)/p+1/t18-/m1/s1. The number of halogens is 4. The van der Waals surface area contributed by atoms with Gasteiger partial charge in [0.05, 0.1) is 29.4 Å². The first kappa shape index (κ1) is 22.2. The summed E-state index contributed by atoms with van der Waals surface area (Å²) in [4.78, 5) is 12.8. The van der Waals surface area contributed by atoms with Crippen molar-refractivity contribution in [3.05, 3.63) is 64.7 Å². The van der Waals surface area contributed by atoms with Crippen LogP contribution in [0.2, 0.25) is 5.02 Å². The van der Waals surface area contributed by atoms with Gasteiger partial charge < -0.3 is 15.4 Å². The molecule has 8 heteroatoms. The van der Waals surface area contributed by atoms with Crippen molar-refractivity contribution in [2.24, 2.45) is 0 Å². The van der Waals surface area contributed by atoms with Crippen LogP contribution in [0.5, 0.6) is 0 Å². The molecule has 4 nitrogen and oxygen atoms in total. The molecule has 1 amide bonds. The van der Waals surface area contributed by atoms with E-state index in [4.69, 9.17) is 16.3 Å². The number of alkyl halides is 3. The van der Waals surface area contributed by atoms with Gasteiger partial charge >= 0.3 is 6.18 Å². The first-order chi connectivity index (χ1) is 13.3. The number of anilines is 1. The van der Waals surface area contributed by atoms with Gasteiger partial charge in [-0.2, -0.15) is 13.2 Å². The Kier molecular flexibility index (Phi) is 8.29. The Balaban J connectivity index is 2.16. The lowest BCUT2D eigenvalue weighted by atomic mass is 10.1. The predicted octanol–water partition coefficient (Wildman–Crippen LogP) is 4.03. The van der Waals surface area contributed by atoms with E-state index < -0.39 is 23.7 Å². The lowest BCUT2D eigenvalue weighted by molar-refractivity contribution is -0.682. The van der Waals surface area contributed by atoms with Gasteiger partial charge in [0, 0.05) is 18.6 Å². The molecule has 3 N–H and O–H groups in total. The number of benzene rings is 2. The Labute approximate surface area is 167 Å². The van der Waals surface area contributed by atoms with Gasteiger partial charge in [0.1, 0.15) is 0 Å². The maximum absolute atomic E-state index is 13.0. The Bertz CT molecular complexity index is 770. The van der Waals surface area contributed by atoms with Crippen molar-refractivity contribution in [2.75, 3.05) is 25.1 Å². The Morgan fingerprint density at radius 2 is 1.93 bits per heavy atom. The quantitative estimate of drug-likeness (QED) is 0.607. The van der Waals surface area contributed by atoms with Gasteiger partial charge in [0.2, 0.25) is 0 Å². The van der Waals surface area contributed by atoms with Crippen molar-refractivity contribution in [2.45, 2.75) is 25.6 Å². The lowest BCUT2D eigenvalue weighted by Crippen LogP contribution is -2.87. The van der Waals surface area contributed by atoms with Crippen LogP contribution in [-0.4, -0.2) is 25.7 Å². The molecule has 152 valence electrons. The van der Waals surface area contributed by atoms with E-state index in [-0.39, 0.29) is 10.7 Å². The number of ether oxygens (including phenoxy) is 1. The van der Waals surface area contributed by atoms with Crippen molar-refractivity contribution >= 4 is 23.2 Å². The van der Waals surface area contributed by atoms with Gasteiger partial charge in [-0.15, -0.1) is 0 Å². The number of quaternary nitrogens is 1. The summed E-state index contributed by atoms with van der Waals surface area (Å²) in [5.74, 6) is -0.441. The Hall–Kier alpha value is -2.09. The van der Waals surface area contributed by atoms with E-state index in [0.717, 1.165) is 30.2 Å². The molecule has 0 unspecified atom stereocenters. The third-order valence-electron chi connectivity index (χ3n) is 4.09. The molecule has 28 heavy (non-hydrogen) atoms. The molecule has 0 saturated carbocycles. The van der Waals surface area contributed by atoms with Crippen LogP contribution < -0.4 is 10.6 Å². The first-order valence-corrected chi connectivity index (χ1v) is 9.34. The molecule has 2 rings (SSSR count). The minimum Gasteiger partial charge on any atom is -0.382 e. The number of nitrogens with two attached hydrogens (primary N) is 1. The van der Waals surface area contributed by atoms with Crippen LogP contribution in [0.4, 0.5) is 18.9 Å². The lowest BCUT2D eigenvalue weighted by Gasteiger charge is -2.17. The second-order valence-corrected chi connectivity index (χ2v) is 6.55. The van der Waals surface area contributed by atoms with E-state index in [1.807, 2.05) is 18.3 Å². The monoisotopic (exact) mass is 415 g/mol. The van der Waals surface area contributed by atoms with Crippen LogP contribution in [0.1, 0.15) is 30.5 Å². The molecule has 0 radical (unpaired) electrons. The number of carbonyl (C=O) groups excluding carboxylic acids is 1. The highest BCUT2D eigenvalue weighted by molar-refractivity contribution is 6.33. The fourth-order valence-corrected chi connectivity index (χ4v) is 2.84. The largest absolute Gasteiger partial charge is 0.416 e. The molecule has 0 bridgehead atoms. The summed E-state index contributed by atoms with van der Waals surface area (Å²) in [6, 6.07) is 11.3. The van der Waals surface area contributed by atoms with E-state index >= 15 is 0 Å². The highest BCUT2D eigenvalue weighted by Gasteiger charge is 2.32. The SMILES string of the molecule is CCOCCC[NH2+][C@@H](C(=O)Nc1cc(C(F)(F)F)ccc1Cl)c1ccccc1. The third-order valence-corrected chi connectivity index (χ3v) is 4.42. The fourth-order valence-electron chi connectivity index (χ4n) is 2.68. The third kappa shape index (κ3) is 6.51. The molecule has 0 spiro atoms. The number of rotatable bonds is 9. The molecule has 0 aliphatic rings. The van der Waals surface area contributed by atoms with E-state index in [0.29, 0.717) is 19.8 Å². The summed E-state index contributed by atoms with van der Waals surface area (Å²) in [6.45, 7) is 3.73. The smallest absolute Gasteiger partial charge is 0.382 e. The highest BCUT2D eigenvalue weighted by atomic mass is 35.5. The van der Waals surface area contributed by atoms with Gasteiger partial charge in [-0.25, -0.2) is 0 Å². The molecule has 0 saturated heterocycles. The number of nitrogens with one attached hydrogen (secondary N) is 1. The zero-order valence-corrected chi connectivity index (χ0v) is 16.2. The van der Waals surface area contributed by atoms with Gasteiger partial charge in [-0.1, -0.05) is 41.9 Å². The topological polar surface area (TPSA) is 54.9 Å². The van der Waals surface area contributed by atoms with Crippen LogP contribution in [0, 0.1) is 0 Å². The van der Waals surface area contributed by atoms with Crippen molar-refractivity contribution in [3.63, 3.8) is 0 Å². The second-order valence-electron chi connectivity index (χ2n) is 6.14. The Morgan fingerprint density at radius 1 is 1.21 bits per heavy atom. The van der Waals surface area contributed by atoms with Gasteiger partial charge in [0.15, 0.2) is 6.04 Å². The number of hydrogen-bond donors (Lipinski definition) is 2. The van der Waals surface area contributed by atoms with Crippen molar-refractivity contribution in [1.82, 2.24) is 0 Å². The molecule has 0 heterocycles. The molecule has 2 aromatic carbocycles. The Morgan fingerprint density at radius 3 is 2.57 bits per heavy atom. The summed E-state index contributed by atoms with van der Waals surface area (Å²) >= 11 is 5.99. The average Bonchev–Trinajstić information content (AvgIpc) is 2.66. The summed E-state index contributed by atoms with van der Waals surface area (Å²) in [5.41, 5.74) is -0.186. The number of amides is 1. The normalized spacial score (nSPS) is 12.6. The maximum atomic E-state index is 13.0. The number of hydrogen-bond acceptors (Lipinski definition) is 2. The van der Waals surface area contributed by atoms with Crippen molar-refractivity contribution in [3.8, 4) is 0 Å². The van der Waals surface area contributed by atoms with Crippen LogP contribution in [0.25, 0.3) is 0 Å². The van der Waals surface area contributed by atoms with Gasteiger partial charge in [-0.3, -0.25) is 4.79 Å². The molecular formula is C20H23ClF3N2O2+. The minimum absolute atomic E-state index is 0.0458. The molecule has 0 aliphatic heterocycles. The molecule has 0 aromatic heterocycles. The van der Waals surface area contributed by atoms with Gasteiger partial charge in [0.25, 0.3) is 5.91 Å². The molecule has 2 aromatic rings. The van der Waals surface area contributed by atoms with Crippen LogP contribution in [-0.2, 0) is 15.7 Å². The summed E-state index contributed by atoms with van der Waals surface area (Å²) in [6.07, 6.45) is -3.77. The maximum Gasteiger partial charge on any atom is 0.416 e. The van der Waals surface area contributed by atoms with Crippen molar-refractivity contribution in [1.29, 1.82) is 0 Å². The first-order valence-electron chi connectivity index (χ1n) is 8.96. The minimum atomic E-state index is -4.52. The fraction of sp³-hybridized carbons (Fsp3) is 0.350. The van der Waals surface area contributed by atoms with E-state index in [1.165, 1.54) is 0 Å². The van der Waals surface area contributed by atoms with E-state index in [9.17, 15) is 18.0 Å².